The van der Waals surface area contributed by atoms with E-state index in [-0.39, 0.29) is 30.2 Å². The zero-order valence-corrected chi connectivity index (χ0v) is 18.3. The van der Waals surface area contributed by atoms with Gasteiger partial charge in [-0.3, -0.25) is 9.59 Å². The fourth-order valence-corrected chi connectivity index (χ4v) is 3.24. The van der Waals surface area contributed by atoms with Gasteiger partial charge in [0.1, 0.15) is 6.04 Å². The van der Waals surface area contributed by atoms with Gasteiger partial charge < -0.3 is 10.6 Å². The SMILES string of the molecule is CC(CCc1ccc(Br)cc1)NC(=O)C(NC(=O)Cc1ccccc1)C(C)C. The lowest BCUT2D eigenvalue weighted by Gasteiger charge is -2.24. The monoisotopic (exact) mass is 444 g/mol. The van der Waals surface area contributed by atoms with Crippen LogP contribution in [0.5, 0.6) is 0 Å². The van der Waals surface area contributed by atoms with E-state index < -0.39 is 6.04 Å². The number of rotatable bonds is 9. The van der Waals surface area contributed by atoms with E-state index in [4.69, 9.17) is 0 Å². The van der Waals surface area contributed by atoms with Crippen LogP contribution in [0.4, 0.5) is 0 Å². The maximum Gasteiger partial charge on any atom is 0.243 e. The third-order valence-corrected chi connectivity index (χ3v) is 5.17. The van der Waals surface area contributed by atoms with Crippen molar-refractivity contribution in [2.45, 2.75) is 52.1 Å². The first kappa shape index (κ1) is 22.2. The van der Waals surface area contributed by atoms with Crippen molar-refractivity contribution in [1.29, 1.82) is 0 Å². The lowest BCUT2D eigenvalue weighted by atomic mass is 10.0. The summed E-state index contributed by atoms with van der Waals surface area (Å²) in [6.45, 7) is 5.89. The molecule has 0 aliphatic heterocycles. The van der Waals surface area contributed by atoms with Gasteiger partial charge in [0.05, 0.1) is 6.42 Å². The summed E-state index contributed by atoms with van der Waals surface area (Å²) in [6, 6.07) is 17.3. The zero-order chi connectivity index (χ0) is 20.5. The molecule has 2 aromatic rings. The zero-order valence-electron chi connectivity index (χ0n) is 16.7. The van der Waals surface area contributed by atoms with Crippen molar-refractivity contribution < 1.29 is 9.59 Å². The maximum atomic E-state index is 12.7. The molecule has 2 rings (SSSR count). The van der Waals surface area contributed by atoms with Crippen molar-refractivity contribution in [2.24, 2.45) is 5.92 Å². The van der Waals surface area contributed by atoms with Crippen LogP contribution >= 0.6 is 15.9 Å². The molecule has 2 unspecified atom stereocenters. The largest absolute Gasteiger partial charge is 0.352 e. The van der Waals surface area contributed by atoms with Gasteiger partial charge in [0, 0.05) is 10.5 Å². The smallest absolute Gasteiger partial charge is 0.243 e. The van der Waals surface area contributed by atoms with Crippen molar-refractivity contribution in [1.82, 2.24) is 10.6 Å². The molecule has 4 nitrogen and oxygen atoms in total. The number of hydrogen-bond donors (Lipinski definition) is 2. The van der Waals surface area contributed by atoms with Crippen LogP contribution in [-0.4, -0.2) is 23.9 Å². The van der Waals surface area contributed by atoms with Crippen molar-refractivity contribution in [3.63, 3.8) is 0 Å². The highest BCUT2D eigenvalue weighted by atomic mass is 79.9. The molecule has 0 aliphatic rings. The minimum atomic E-state index is -0.536. The fourth-order valence-electron chi connectivity index (χ4n) is 2.98. The first-order valence-electron chi connectivity index (χ1n) is 9.73. The molecule has 0 radical (unpaired) electrons. The molecule has 0 aromatic heterocycles. The average Bonchev–Trinajstić information content (AvgIpc) is 2.66. The first-order chi connectivity index (χ1) is 13.3. The normalized spacial score (nSPS) is 13.0. The molecular formula is C23H29BrN2O2. The molecule has 2 amide bonds. The van der Waals surface area contributed by atoms with E-state index in [2.05, 4.69) is 38.7 Å². The van der Waals surface area contributed by atoms with Gasteiger partial charge in [0.25, 0.3) is 0 Å². The second-order valence-corrected chi connectivity index (χ2v) is 8.44. The van der Waals surface area contributed by atoms with Crippen LogP contribution < -0.4 is 10.6 Å². The summed E-state index contributed by atoms with van der Waals surface area (Å²) < 4.78 is 1.06. The van der Waals surface area contributed by atoms with E-state index in [1.807, 2.05) is 63.2 Å². The van der Waals surface area contributed by atoms with E-state index in [1.165, 1.54) is 5.56 Å². The van der Waals surface area contributed by atoms with Gasteiger partial charge in [-0.15, -0.1) is 0 Å². The Bertz CT molecular complexity index is 760. The van der Waals surface area contributed by atoms with E-state index in [1.54, 1.807) is 0 Å². The van der Waals surface area contributed by atoms with E-state index in [9.17, 15) is 9.59 Å². The number of carbonyl (C=O) groups excluding carboxylic acids is 2. The highest BCUT2D eigenvalue weighted by Gasteiger charge is 2.25. The van der Waals surface area contributed by atoms with Gasteiger partial charge in [0.2, 0.25) is 11.8 Å². The summed E-state index contributed by atoms with van der Waals surface area (Å²) in [5.74, 6) is -0.249. The second kappa shape index (κ2) is 11.0. The fraction of sp³-hybridized carbons (Fsp3) is 0.391. The summed E-state index contributed by atoms with van der Waals surface area (Å²) in [5.41, 5.74) is 2.17. The number of amides is 2. The number of carbonyl (C=O) groups is 2. The predicted molar refractivity (Wildman–Crippen MR) is 117 cm³/mol. The molecule has 0 aliphatic carbocycles. The molecule has 0 saturated heterocycles. The Labute approximate surface area is 176 Å². The Balaban J connectivity index is 1.85. The first-order valence-corrected chi connectivity index (χ1v) is 10.5. The van der Waals surface area contributed by atoms with Gasteiger partial charge in [-0.05, 0) is 48.9 Å². The standard InChI is InChI=1S/C23H29BrN2O2/c1-16(2)22(26-21(27)15-19-7-5-4-6-8-19)23(28)25-17(3)9-10-18-11-13-20(24)14-12-18/h4-8,11-14,16-17,22H,9-10,15H2,1-3H3,(H,25,28)(H,26,27). The Kier molecular flexibility index (Phi) is 8.71. The second-order valence-electron chi connectivity index (χ2n) is 7.53. The molecule has 0 fully saturated rings. The highest BCUT2D eigenvalue weighted by Crippen LogP contribution is 2.13. The Hall–Kier alpha value is -2.14. The molecule has 0 heterocycles. The minimum Gasteiger partial charge on any atom is -0.352 e. The van der Waals surface area contributed by atoms with Crippen molar-refractivity contribution in [3.05, 3.63) is 70.2 Å². The van der Waals surface area contributed by atoms with Crippen LogP contribution in [-0.2, 0) is 22.4 Å². The Morgan fingerprint density at radius 1 is 0.893 bits per heavy atom. The number of aryl methyl sites for hydroxylation is 1. The van der Waals surface area contributed by atoms with Crippen LogP contribution in [0, 0.1) is 5.92 Å². The Morgan fingerprint density at radius 3 is 2.14 bits per heavy atom. The topological polar surface area (TPSA) is 58.2 Å². The van der Waals surface area contributed by atoms with Crippen LogP contribution in [0.25, 0.3) is 0 Å². The maximum absolute atomic E-state index is 12.7. The van der Waals surface area contributed by atoms with Crippen LogP contribution in [0.15, 0.2) is 59.1 Å². The molecule has 5 heteroatoms. The quantitative estimate of drug-likeness (QED) is 0.606. The molecule has 0 saturated carbocycles. The van der Waals surface area contributed by atoms with Crippen LogP contribution in [0.3, 0.4) is 0 Å². The summed E-state index contributed by atoms with van der Waals surface area (Å²) in [4.78, 5) is 25.1. The van der Waals surface area contributed by atoms with Crippen molar-refractivity contribution in [2.75, 3.05) is 0 Å². The third-order valence-electron chi connectivity index (χ3n) is 4.64. The summed E-state index contributed by atoms with van der Waals surface area (Å²) in [5, 5.41) is 5.94. The number of benzene rings is 2. The number of hydrogen-bond acceptors (Lipinski definition) is 2. The molecule has 2 N–H and O–H groups in total. The van der Waals surface area contributed by atoms with E-state index in [0.717, 1.165) is 22.9 Å². The van der Waals surface area contributed by atoms with Crippen LogP contribution in [0.2, 0.25) is 0 Å². The number of nitrogens with one attached hydrogen (secondary N) is 2. The van der Waals surface area contributed by atoms with E-state index in [0.29, 0.717) is 0 Å². The molecule has 2 aromatic carbocycles. The van der Waals surface area contributed by atoms with Gasteiger partial charge >= 0.3 is 0 Å². The minimum absolute atomic E-state index is 0.0124. The highest BCUT2D eigenvalue weighted by molar-refractivity contribution is 9.10. The molecule has 0 spiro atoms. The molecule has 150 valence electrons. The van der Waals surface area contributed by atoms with Crippen LogP contribution in [0.1, 0.15) is 38.3 Å². The summed E-state index contributed by atoms with van der Waals surface area (Å²) in [6.07, 6.45) is 2.01. The molecule has 28 heavy (non-hydrogen) atoms. The van der Waals surface area contributed by atoms with Gasteiger partial charge in [0.15, 0.2) is 0 Å². The van der Waals surface area contributed by atoms with E-state index >= 15 is 0 Å². The average molecular weight is 445 g/mol. The molecule has 2 atom stereocenters. The summed E-state index contributed by atoms with van der Waals surface area (Å²) in [7, 11) is 0. The van der Waals surface area contributed by atoms with Crippen molar-refractivity contribution >= 4 is 27.7 Å². The molecular weight excluding hydrogens is 416 g/mol. The van der Waals surface area contributed by atoms with Crippen molar-refractivity contribution in [3.8, 4) is 0 Å². The Morgan fingerprint density at radius 2 is 1.54 bits per heavy atom. The van der Waals surface area contributed by atoms with Gasteiger partial charge in [-0.2, -0.15) is 0 Å². The van der Waals surface area contributed by atoms with Gasteiger partial charge in [-0.1, -0.05) is 72.2 Å². The predicted octanol–water partition coefficient (Wildman–Crippen LogP) is 4.27. The lowest BCUT2D eigenvalue weighted by molar-refractivity contribution is -0.130. The molecule has 0 bridgehead atoms. The third kappa shape index (κ3) is 7.47. The number of halogens is 1. The lowest BCUT2D eigenvalue weighted by Crippen LogP contribution is -2.52. The van der Waals surface area contributed by atoms with Gasteiger partial charge in [-0.25, -0.2) is 0 Å². The summed E-state index contributed by atoms with van der Waals surface area (Å²) >= 11 is 3.44.